The Kier molecular flexibility index (Phi) is 5.28. The Morgan fingerprint density at radius 3 is 2.52 bits per heavy atom. The van der Waals surface area contributed by atoms with Crippen molar-refractivity contribution in [3.63, 3.8) is 0 Å². The van der Waals surface area contributed by atoms with Crippen LogP contribution in [0.15, 0.2) is 30.6 Å². The van der Waals surface area contributed by atoms with E-state index in [4.69, 9.17) is 34.8 Å². The summed E-state index contributed by atoms with van der Waals surface area (Å²) in [5, 5.41) is 6.72. The van der Waals surface area contributed by atoms with Gasteiger partial charge in [-0.25, -0.2) is 0 Å². The van der Waals surface area contributed by atoms with E-state index in [9.17, 15) is 4.79 Å². The maximum absolute atomic E-state index is 12.4. The number of anilines is 2. The highest BCUT2D eigenvalue weighted by Gasteiger charge is 2.15. The SMILES string of the molecule is CCNc1cnccc1C(=O)Nc1c(Cl)cc(Cl)cc1Cl. The second-order valence-corrected chi connectivity index (χ2v) is 5.40. The number of pyridine rings is 1. The molecule has 1 amide bonds. The first kappa shape index (κ1) is 15.9. The molecule has 2 aromatic rings. The molecule has 0 spiro atoms. The number of rotatable bonds is 4. The van der Waals surface area contributed by atoms with Gasteiger partial charge in [-0.15, -0.1) is 0 Å². The summed E-state index contributed by atoms with van der Waals surface area (Å²) in [6, 6.07) is 4.65. The lowest BCUT2D eigenvalue weighted by atomic mass is 10.2. The van der Waals surface area contributed by atoms with Crippen LogP contribution >= 0.6 is 34.8 Å². The van der Waals surface area contributed by atoms with E-state index in [2.05, 4.69) is 15.6 Å². The summed E-state index contributed by atoms with van der Waals surface area (Å²) >= 11 is 18.0. The Hall–Kier alpha value is -1.49. The lowest BCUT2D eigenvalue weighted by Crippen LogP contribution is -2.15. The van der Waals surface area contributed by atoms with Gasteiger partial charge in [-0.1, -0.05) is 34.8 Å². The summed E-state index contributed by atoms with van der Waals surface area (Å²) in [6.45, 7) is 2.61. The van der Waals surface area contributed by atoms with Crippen LogP contribution in [0.2, 0.25) is 15.1 Å². The Balaban J connectivity index is 2.31. The molecule has 2 N–H and O–H groups in total. The Bertz CT molecular complexity index is 653. The zero-order valence-electron chi connectivity index (χ0n) is 11.1. The Morgan fingerprint density at radius 2 is 1.90 bits per heavy atom. The molecule has 1 aromatic heterocycles. The van der Waals surface area contributed by atoms with Crippen molar-refractivity contribution in [2.24, 2.45) is 0 Å². The molecule has 110 valence electrons. The smallest absolute Gasteiger partial charge is 0.257 e. The highest BCUT2D eigenvalue weighted by molar-refractivity contribution is 6.42. The number of benzene rings is 1. The van der Waals surface area contributed by atoms with Gasteiger partial charge < -0.3 is 10.6 Å². The van der Waals surface area contributed by atoms with Crippen LogP contribution in [0.1, 0.15) is 17.3 Å². The third kappa shape index (κ3) is 3.79. The van der Waals surface area contributed by atoms with Gasteiger partial charge >= 0.3 is 0 Å². The molecule has 0 bridgehead atoms. The van der Waals surface area contributed by atoms with E-state index < -0.39 is 0 Å². The van der Waals surface area contributed by atoms with Crippen LogP contribution in [0.3, 0.4) is 0 Å². The molecule has 0 fully saturated rings. The average molecular weight is 345 g/mol. The van der Waals surface area contributed by atoms with Crippen molar-refractivity contribution in [2.45, 2.75) is 6.92 Å². The molecule has 0 saturated carbocycles. The van der Waals surface area contributed by atoms with Crippen molar-refractivity contribution < 1.29 is 4.79 Å². The number of hydrogen-bond acceptors (Lipinski definition) is 3. The van der Waals surface area contributed by atoms with Gasteiger partial charge in [0.1, 0.15) is 0 Å². The molecule has 0 aliphatic heterocycles. The summed E-state index contributed by atoms with van der Waals surface area (Å²) in [4.78, 5) is 16.4. The van der Waals surface area contributed by atoms with Crippen LogP contribution in [0, 0.1) is 0 Å². The van der Waals surface area contributed by atoms with Crippen LogP contribution in [0.25, 0.3) is 0 Å². The maximum Gasteiger partial charge on any atom is 0.257 e. The van der Waals surface area contributed by atoms with E-state index in [0.717, 1.165) is 0 Å². The predicted octanol–water partition coefficient (Wildman–Crippen LogP) is 4.73. The lowest BCUT2D eigenvalue weighted by molar-refractivity contribution is 0.102. The quantitative estimate of drug-likeness (QED) is 0.843. The van der Waals surface area contributed by atoms with Crippen molar-refractivity contribution >= 4 is 52.1 Å². The highest BCUT2D eigenvalue weighted by Crippen LogP contribution is 2.34. The van der Waals surface area contributed by atoms with Gasteiger partial charge in [0.05, 0.1) is 33.2 Å². The third-order valence-electron chi connectivity index (χ3n) is 2.68. The molecule has 7 heteroatoms. The number of amides is 1. The van der Waals surface area contributed by atoms with Gasteiger partial charge in [0.2, 0.25) is 0 Å². The largest absolute Gasteiger partial charge is 0.383 e. The van der Waals surface area contributed by atoms with Crippen molar-refractivity contribution in [3.8, 4) is 0 Å². The average Bonchev–Trinajstić information content (AvgIpc) is 2.43. The van der Waals surface area contributed by atoms with E-state index in [0.29, 0.717) is 28.5 Å². The molecule has 0 atom stereocenters. The van der Waals surface area contributed by atoms with E-state index in [1.165, 1.54) is 12.1 Å². The van der Waals surface area contributed by atoms with E-state index >= 15 is 0 Å². The van der Waals surface area contributed by atoms with Crippen LogP contribution in [0.4, 0.5) is 11.4 Å². The number of halogens is 3. The molecule has 0 saturated heterocycles. The molecule has 2 rings (SSSR count). The molecule has 0 aliphatic carbocycles. The number of hydrogen-bond donors (Lipinski definition) is 2. The Labute approximate surface area is 137 Å². The van der Waals surface area contributed by atoms with Gasteiger partial charge in [-0.05, 0) is 25.1 Å². The summed E-state index contributed by atoms with van der Waals surface area (Å²) < 4.78 is 0. The molecule has 21 heavy (non-hydrogen) atoms. The number of carbonyl (C=O) groups is 1. The second kappa shape index (κ2) is 6.98. The van der Waals surface area contributed by atoms with Crippen molar-refractivity contribution in [3.05, 3.63) is 51.2 Å². The fourth-order valence-electron chi connectivity index (χ4n) is 1.77. The third-order valence-corrected chi connectivity index (χ3v) is 3.49. The van der Waals surface area contributed by atoms with Crippen LogP contribution in [-0.2, 0) is 0 Å². The summed E-state index contributed by atoms with van der Waals surface area (Å²) in [7, 11) is 0. The number of carbonyl (C=O) groups excluding carboxylic acids is 1. The molecule has 1 aromatic carbocycles. The molecule has 1 heterocycles. The summed E-state index contributed by atoms with van der Waals surface area (Å²) in [5.74, 6) is -0.334. The zero-order chi connectivity index (χ0) is 15.4. The van der Waals surface area contributed by atoms with Gasteiger partial charge in [-0.2, -0.15) is 0 Å². The fraction of sp³-hybridized carbons (Fsp3) is 0.143. The van der Waals surface area contributed by atoms with E-state index in [1.54, 1.807) is 18.5 Å². The van der Waals surface area contributed by atoms with Crippen molar-refractivity contribution in [1.82, 2.24) is 4.98 Å². The van der Waals surface area contributed by atoms with Gasteiger partial charge in [-0.3, -0.25) is 9.78 Å². The van der Waals surface area contributed by atoms with Crippen LogP contribution in [0.5, 0.6) is 0 Å². The van der Waals surface area contributed by atoms with E-state index in [1.807, 2.05) is 6.92 Å². The first-order valence-electron chi connectivity index (χ1n) is 6.16. The summed E-state index contributed by atoms with van der Waals surface area (Å²) in [5.41, 5.74) is 1.42. The van der Waals surface area contributed by atoms with Gasteiger partial charge in [0.25, 0.3) is 5.91 Å². The molecule has 0 unspecified atom stereocenters. The zero-order valence-corrected chi connectivity index (χ0v) is 13.4. The lowest BCUT2D eigenvalue weighted by Gasteiger charge is -2.12. The minimum Gasteiger partial charge on any atom is -0.383 e. The molecule has 0 radical (unpaired) electrons. The standard InChI is InChI=1S/C14H12Cl3N3O/c1-2-19-12-7-18-4-3-9(12)14(21)20-13-10(16)5-8(15)6-11(13)17/h3-7,19H,2H2,1H3,(H,20,21). The van der Waals surface area contributed by atoms with Gasteiger partial charge in [0, 0.05) is 17.8 Å². The summed E-state index contributed by atoms with van der Waals surface area (Å²) in [6.07, 6.45) is 3.13. The predicted molar refractivity (Wildman–Crippen MR) is 87.8 cm³/mol. The first-order chi connectivity index (χ1) is 10.0. The van der Waals surface area contributed by atoms with Crippen molar-refractivity contribution in [2.75, 3.05) is 17.2 Å². The minimum atomic E-state index is -0.334. The van der Waals surface area contributed by atoms with Gasteiger partial charge in [0.15, 0.2) is 0 Å². The fourth-order valence-corrected chi connectivity index (χ4v) is 2.68. The number of nitrogens with zero attached hydrogens (tertiary/aromatic N) is 1. The Morgan fingerprint density at radius 1 is 1.24 bits per heavy atom. The molecule has 0 aliphatic rings. The monoisotopic (exact) mass is 343 g/mol. The second-order valence-electron chi connectivity index (χ2n) is 4.15. The van der Waals surface area contributed by atoms with E-state index in [-0.39, 0.29) is 16.0 Å². The van der Waals surface area contributed by atoms with Crippen LogP contribution in [-0.4, -0.2) is 17.4 Å². The molecular weight excluding hydrogens is 333 g/mol. The first-order valence-corrected chi connectivity index (χ1v) is 7.30. The maximum atomic E-state index is 12.4. The normalized spacial score (nSPS) is 10.3. The molecular formula is C14H12Cl3N3O. The molecule has 4 nitrogen and oxygen atoms in total. The highest BCUT2D eigenvalue weighted by atomic mass is 35.5. The minimum absolute atomic E-state index is 0.278. The van der Waals surface area contributed by atoms with Crippen LogP contribution < -0.4 is 10.6 Å². The number of nitrogens with one attached hydrogen (secondary N) is 2. The number of aromatic nitrogens is 1. The van der Waals surface area contributed by atoms with Crippen molar-refractivity contribution in [1.29, 1.82) is 0 Å². The topological polar surface area (TPSA) is 54.0 Å².